The van der Waals surface area contributed by atoms with Crippen LogP contribution in [0.5, 0.6) is 5.75 Å². The molecule has 0 aliphatic rings. The maximum atomic E-state index is 12.3. The van der Waals surface area contributed by atoms with Crippen molar-refractivity contribution in [2.24, 2.45) is 0 Å². The minimum absolute atomic E-state index is 0.120. The van der Waals surface area contributed by atoms with Crippen LogP contribution in [0.25, 0.3) is 5.65 Å². The Morgan fingerprint density at radius 1 is 1.13 bits per heavy atom. The molecule has 1 amide bonds. The average molecular weight is 403 g/mol. The molecule has 0 unspecified atom stereocenters. The molecule has 9 heteroatoms. The number of amides is 1. The number of aromatic nitrogens is 5. The van der Waals surface area contributed by atoms with Crippen molar-refractivity contribution in [3.8, 4) is 5.75 Å². The van der Waals surface area contributed by atoms with Crippen LogP contribution in [0.1, 0.15) is 17.8 Å². The van der Waals surface area contributed by atoms with E-state index in [1.807, 2.05) is 42.5 Å². The second kappa shape index (κ2) is 8.99. The molecule has 2 N–H and O–H groups in total. The van der Waals surface area contributed by atoms with Gasteiger partial charge in [-0.05, 0) is 35.9 Å². The van der Waals surface area contributed by atoms with Crippen LogP contribution in [-0.4, -0.2) is 37.8 Å². The number of carbonyl (C=O) groups is 1. The Morgan fingerprint density at radius 2 is 2.07 bits per heavy atom. The number of methoxy groups -OCH3 is 1. The Labute approximate surface area is 173 Å². The van der Waals surface area contributed by atoms with Gasteiger partial charge in [-0.2, -0.15) is 4.52 Å². The Morgan fingerprint density at radius 3 is 2.90 bits per heavy atom. The smallest absolute Gasteiger partial charge is 0.224 e. The summed E-state index contributed by atoms with van der Waals surface area (Å²) in [5, 5.41) is 19.0. The van der Waals surface area contributed by atoms with Crippen molar-refractivity contribution >= 4 is 23.1 Å². The van der Waals surface area contributed by atoms with Crippen LogP contribution in [0.2, 0.25) is 0 Å². The summed E-state index contributed by atoms with van der Waals surface area (Å²) in [4.78, 5) is 16.4. The summed E-state index contributed by atoms with van der Waals surface area (Å²) < 4.78 is 6.83. The van der Waals surface area contributed by atoms with E-state index in [9.17, 15) is 4.79 Å². The first-order valence-corrected chi connectivity index (χ1v) is 9.49. The van der Waals surface area contributed by atoms with Gasteiger partial charge in [0.15, 0.2) is 11.5 Å². The molecule has 4 rings (SSSR count). The second-order valence-corrected chi connectivity index (χ2v) is 6.60. The highest BCUT2D eigenvalue weighted by molar-refractivity contribution is 5.90. The highest BCUT2D eigenvalue weighted by Gasteiger charge is 2.11. The minimum atomic E-state index is -0.120. The van der Waals surface area contributed by atoms with Gasteiger partial charge in [0.2, 0.25) is 5.91 Å². The first kappa shape index (κ1) is 19.3. The number of pyridine rings is 1. The number of carbonyl (C=O) groups excluding carboxylic acids is 1. The van der Waals surface area contributed by atoms with E-state index >= 15 is 0 Å². The van der Waals surface area contributed by atoms with Crippen molar-refractivity contribution in [1.29, 1.82) is 0 Å². The highest BCUT2D eigenvalue weighted by Crippen LogP contribution is 2.17. The van der Waals surface area contributed by atoms with E-state index in [0.29, 0.717) is 41.7 Å². The second-order valence-electron chi connectivity index (χ2n) is 6.60. The zero-order valence-electron chi connectivity index (χ0n) is 16.4. The van der Waals surface area contributed by atoms with Gasteiger partial charge in [-0.25, -0.2) is 0 Å². The fraction of sp³-hybridized carbons (Fsp3) is 0.190. The van der Waals surface area contributed by atoms with E-state index in [2.05, 4.69) is 30.9 Å². The standard InChI is InChI=1S/C21H21N7O2/c1-30-17-6-2-5-16(12-17)24-21(29)10-9-20-26-25-19-8-7-18(27-28(19)20)23-14-15-4-3-11-22-13-15/h2-8,11-13H,9-10,14H2,1H3,(H,23,27)(H,24,29). The quantitative estimate of drug-likeness (QED) is 0.466. The number of anilines is 2. The predicted octanol–water partition coefficient (Wildman–Crippen LogP) is 2.71. The number of fused-ring (bicyclic) bond motifs is 1. The van der Waals surface area contributed by atoms with Crippen molar-refractivity contribution in [3.63, 3.8) is 0 Å². The van der Waals surface area contributed by atoms with Crippen molar-refractivity contribution in [2.45, 2.75) is 19.4 Å². The Kier molecular flexibility index (Phi) is 5.79. The van der Waals surface area contributed by atoms with Crippen molar-refractivity contribution < 1.29 is 9.53 Å². The molecule has 0 spiro atoms. The third-order valence-corrected chi connectivity index (χ3v) is 4.45. The Bertz CT molecular complexity index is 1140. The zero-order chi connectivity index (χ0) is 20.8. The summed E-state index contributed by atoms with van der Waals surface area (Å²) in [6.45, 7) is 0.604. The molecule has 0 saturated carbocycles. The van der Waals surface area contributed by atoms with Gasteiger partial charge < -0.3 is 15.4 Å². The predicted molar refractivity (Wildman–Crippen MR) is 112 cm³/mol. The van der Waals surface area contributed by atoms with E-state index in [0.717, 1.165) is 5.56 Å². The zero-order valence-corrected chi connectivity index (χ0v) is 16.4. The fourth-order valence-electron chi connectivity index (χ4n) is 2.93. The van der Waals surface area contributed by atoms with Gasteiger partial charge in [-0.1, -0.05) is 12.1 Å². The molecule has 0 fully saturated rings. The van der Waals surface area contributed by atoms with Crippen LogP contribution in [0.4, 0.5) is 11.5 Å². The summed E-state index contributed by atoms with van der Waals surface area (Å²) >= 11 is 0. The van der Waals surface area contributed by atoms with E-state index in [-0.39, 0.29) is 12.3 Å². The van der Waals surface area contributed by atoms with Crippen LogP contribution in [0, 0.1) is 0 Å². The number of hydrogen-bond donors (Lipinski definition) is 2. The first-order chi connectivity index (χ1) is 14.7. The number of nitrogens with one attached hydrogen (secondary N) is 2. The lowest BCUT2D eigenvalue weighted by atomic mass is 10.2. The number of ether oxygens (including phenoxy) is 1. The van der Waals surface area contributed by atoms with Crippen LogP contribution in [0.15, 0.2) is 60.9 Å². The molecule has 0 bridgehead atoms. The lowest BCUT2D eigenvalue weighted by Crippen LogP contribution is -2.13. The number of aryl methyl sites for hydroxylation is 1. The lowest BCUT2D eigenvalue weighted by Gasteiger charge is -2.07. The molecular weight excluding hydrogens is 382 g/mol. The molecule has 4 aromatic rings. The van der Waals surface area contributed by atoms with Gasteiger partial charge in [-0.3, -0.25) is 9.78 Å². The summed E-state index contributed by atoms with van der Waals surface area (Å²) in [6.07, 6.45) is 4.21. The number of hydrogen-bond acceptors (Lipinski definition) is 7. The molecule has 3 heterocycles. The van der Waals surface area contributed by atoms with Crippen LogP contribution in [-0.2, 0) is 17.8 Å². The Hall–Kier alpha value is -4.01. The van der Waals surface area contributed by atoms with Gasteiger partial charge in [0.05, 0.1) is 7.11 Å². The molecule has 3 aromatic heterocycles. The van der Waals surface area contributed by atoms with E-state index in [1.54, 1.807) is 30.1 Å². The van der Waals surface area contributed by atoms with Gasteiger partial charge in [0, 0.05) is 43.5 Å². The van der Waals surface area contributed by atoms with Crippen LogP contribution in [0.3, 0.4) is 0 Å². The number of nitrogens with zero attached hydrogens (tertiary/aromatic N) is 5. The molecule has 0 radical (unpaired) electrons. The largest absolute Gasteiger partial charge is 0.497 e. The van der Waals surface area contributed by atoms with E-state index in [4.69, 9.17) is 4.74 Å². The van der Waals surface area contributed by atoms with Gasteiger partial charge in [-0.15, -0.1) is 15.3 Å². The fourth-order valence-corrected chi connectivity index (χ4v) is 2.93. The molecule has 1 aromatic carbocycles. The molecule has 0 aliphatic carbocycles. The van der Waals surface area contributed by atoms with Crippen molar-refractivity contribution in [3.05, 3.63) is 72.3 Å². The first-order valence-electron chi connectivity index (χ1n) is 9.49. The molecule has 9 nitrogen and oxygen atoms in total. The topological polar surface area (TPSA) is 106 Å². The molecule has 30 heavy (non-hydrogen) atoms. The SMILES string of the molecule is COc1cccc(NC(=O)CCc2nnc3ccc(NCc4cccnc4)nn23)c1. The normalized spacial score (nSPS) is 10.7. The van der Waals surface area contributed by atoms with E-state index in [1.165, 1.54) is 0 Å². The van der Waals surface area contributed by atoms with Gasteiger partial charge >= 0.3 is 0 Å². The van der Waals surface area contributed by atoms with Crippen molar-refractivity contribution in [1.82, 2.24) is 24.8 Å². The summed E-state index contributed by atoms with van der Waals surface area (Å²) in [5.74, 6) is 1.88. The van der Waals surface area contributed by atoms with E-state index < -0.39 is 0 Å². The molecule has 152 valence electrons. The number of rotatable bonds is 8. The van der Waals surface area contributed by atoms with Crippen LogP contribution >= 0.6 is 0 Å². The third-order valence-electron chi connectivity index (χ3n) is 4.45. The maximum absolute atomic E-state index is 12.3. The summed E-state index contributed by atoms with van der Waals surface area (Å²) in [6, 6.07) is 14.8. The highest BCUT2D eigenvalue weighted by atomic mass is 16.5. The Balaban J connectivity index is 1.39. The average Bonchev–Trinajstić information content (AvgIpc) is 3.19. The summed E-state index contributed by atoms with van der Waals surface area (Å²) in [7, 11) is 1.59. The molecular formula is C21H21N7O2. The molecule has 0 atom stereocenters. The minimum Gasteiger partial charge on any atom is -0.497 e. The lowest BCUT2D eigenvalue weighted by molar-refractivity contribution is -0.116. The molecule has 0 saturated heterocycles. The van der Waals surface area contributed by atoms with Gasteiger partial charge in [0.25, 0.3) is 0 Å². The van der Waals surface area contributed by atoms with Gasteiger partial charge in [0.1, 0.15) is 11.6 Å². The maximum Gasteiger partial charge on any atom is 0.224 e. The van der Waals surface area contributed by atoms with Crippen LogP contribution < -0.4 is 15.4 Å². The number of benzene rings is 1. The third kappa shape index (κ3) is 4.69. The van der Waals surface area contributed by atoms with Crippen molar-refractivity contribution in [2.75, 3.05) is 17.7 Å². The summed E-state index contributed by atoms with van der Waals surface area (Å²) in [5.41, 5.74) is 2.37. The monoisotopic (exact) mass is 403 g/mol. The molecule has 0 aliphatic heterocycles.